The molecule has 164 valence electrons. The van der Waals surface area contributed by atoms with Crippen LogP contribution in [-0.4, -0.2) is 45.1 Å². The monoisotopic (exact) mass is 464 g/mol. The van der Waals surface area contributed by atoms with E-state index in [1.165, 1.54) is 0 Å². The standard InChI is InChI=1S/C15H16Cl2N2O3.C7H6O2/c1-10-18-4-5-19(10)9-15(21-8-12(7-20)22-15)13-3-2-11(16)6-14(13)17;8-7(9)6-4-2-1-3-5-6/h2-6,12,20H,7-9H2,1H3;1-5H,(H,8,9)/t12-,15-;/m1./s1. The number of aromatic carboxylic acids is 1. The number of aliphatic hydroxyl groups is 1. The van der Waals surface area contributed by atoms with Gasteiger partial charge in [-0.2, -0.15) is 0 Å². The van der Waals surface area contributed by atoms with Crippen LogP contribution in [0.25, 0.3) is 0 Å². The van der Waals surface area contributed by atoms with Crippen molar-refractivity contribution in [3.8, 4) is 0 Å². The Morgan fingerprint density at radius 3 is 2.52 bits per heavy atom. The van der Waals surface area contributed by atoms with Crippen LogP contribution in [0, 0.1) is 6.92 Å². The highest BCUT2D eigenvalue weighted by Crippen LogP contribution is 2.40. The van der Waals surface area contributed by atoms with E-state index in [-0.39, 0.29) is 6.61 Å². The van der Waals surface area contributed by atoms with Gasteiger partial charge in [-0.05, 0) is 31.2 Å². The Morgan fingerprint density at radius 2 is 2.00 bits per heavy atom. The van der Waals surface area contributed by atoms with Crippen molar-refractivity contribution in [2.24, 2.45) is 0 Å². The van der Waals surface area contributed by atoms with Crippen LogP contribution in [0.5, 0.6) is 0 Å². The van der Waals surface area contributed by atoms with Crippen LogP contribution in [0.2, 0.25) is 10.0 Å². The molecule has 0 spiro atoms. The summed E-state index contributed by atoms with van der Waals surface area (Å²) < 4.78 is 13.8. The summed E-state index contributed by atoms with van der Waals surface area (Å²) in [5.74, 6) is -1.11. The minimum absolute atomic E-state index is 0.115. The molecule has 0 radical (unpaired) electrons. The fourth-order valence-corrected chi connectivity index (χ4v) is 3.69. The molecule has 0 saturated carbocycles. The topological polar surface area (TPSA) is 93.8 Å². The number of hydrogen-bond donors (Lipinski definition) is 2. The van der Waals surface area contributed by atoms with Crippen molar-refractivity contribution in [3.05, 3.63) is 87.9 Å². The maximum Gasteiger partial charge on any atom is 0.335 e. The Hall–Kier alpha value is -2.42. The summed E-state index contributed by atoms with van der Waals surface area (Å²) in [5.41, 5.74) is 1.01. The summed E-state index contributed by atoms with van der Waals surface area (Å²) in [6, 6.07) is 13.5. The molecule has 9 heteroatoms. The third-order valence-electron chi connectivity index (χ3n) is 4.73. The molecule has 1 fully saturated rings. The molecule has 0 bridgehead atoms. The third-order valence-corrected chi connectivity index (χ3v) is 5.28. The summed E-state index contributed by atoms with van der Waals surface area (Å²) in [5, 5.41) is 18.7. The van der Waals surface area contributed by atoms with Crippen molar-refractivity contribution in [2.75, 3.05) is 13.2 Å². The molecule has 7 nitrogen and oxygen atoms in total. The van der Waals surface area contributed by atoms with E-state index >= 15 is 0 Å². The maximum atomic E-state index is 10.2. The maximum absolute atomic E-state index is 10.2. The number of carboxylic acids is 1. The van der Waals surface area contributed by atoms with E-state index in [0.717, 1.165) is 5.82 Å². The zero-order chi connectivity index (χ0) is 22.4. The number of rotatable bonds is 5. The fraction of sp³-hybridized carbons (Fsp3) is 0.273. The van der Waals surface area contributed by atoms with Crippen molar-refractivity contribution in [3.63, 3.8) is 0 Å². The van der Waals surface area contributed by atoms with E-state index in [4.69, 9.17) is 37.8 Å². The van der Waals surface area contributed by atoms with Gasteiger partial charge in [0.1, 0.15) is 11.9 Å². The number of aliphatic hydroxyl groups excluding tert-OH is 1. The minimum Gasteiger partial charge on any atom is -0.478 e. The summed E-state index contributed by atoms with van der Waals surface area (Å²) in [6.07, 6.45) is 3.17. The number of carbonyl (C=O) groups is 1. The second-order valence-corrected chi connectivity index (χ2v) is 7.73. The zero-order valence-corrected chi connectivity index (χ0v) is 18.3. The van der Waals surface area contributed by atoms with Gasteiger partial charge < -0.3 is 24.3 Å². The number of aromatic nitrogens is 2. The zero-order valence-electron chi connectivity index (χ0n) is 16.7. The normalized spacial score (nSPS) is 20.2. The molecule has 0 aliphatic carbocycles. The lowest BCUT2D eigenvalue weighted by atomic mass is 10.1. The van der Waals surface area contributed by atoms with Crippen LogP contribution in [0.1, 0.15) is 21.7 Å². The van der Waals surface area contributed by atoms with Crippen molar-refractivity contribution in [1.29, 1.82) is 0 Å². The van der Waals surface area contributed by atoms with Gasteiger partial charge in [0.25, 0.3) is 0 Å². The highest BCUT2D eigenvalue weighted by Gasteiger charge is 2.45. The molecule has 0 unspecified atom stereocenters. The lowest BCUT2D eigenvalue weighted by Gasteiger charge is -2.30. The van der Waals surface area contributed by atoms with Crippen molar-refractivity contribution >= 4 is 29.2 Å². The molecule has 2 N–H and O–H groups in total. The van der Waals surface area contributed by atoms with Crippen LogP contribution in [0.15, 0.2) is 60.9 Å². The third kappa shape index (κ3) is 5.64. The smallest absolute Gasteiger partial charge is 0.335 e. The summed E-state index contributed by atoms with van der Waals surface area (Å²) in [6.45, 7) is 2.46. The number of ether oxygens (including phenoxy) is 2. The van der Waals surface area contributed by atoms with E-state index < -0.39 is 17.9 Å². The first kappa shape index (κ1) is 23.2. The van der Waals surface area contributed by atoms with Gasteiger partial charge in [-0.25, -0.2) is 9.78 Å². The van der Waals surface area contributed by atoms with E-state index in [1.807, 2.05) is 17.7 Å². The molecular formula is C22H22Cl2N2O5. The highest BCUT2D eigenvalue weighted by atomic mass is 35.5. The minimum atomic E-state index is -1.07. The van der Waals surface area contributed by atoms with Gasteiger partial charge in [-0.15, -0.1) is 0 Å². The van der Waals surface area contributed by atoms with Crippen molar-refractivity contribution in [1.82, 2.24) is 9.55 Å². The summed E-state index contributed by atoms with van der Waals surface area (Å²) in [7, 11) is 0. The Morgan fingerprint density at radius 1 is 1.26 bits per heavy atom. The lowest BCUT2D eigenvalue weighted by molar-refractivity contribution is -0.190. The Labute approximate surface area is 189 Å². The molecule has 2 aromatic carbocycles. The van der Waals surface area contributed by atoms with Crippen molar-refractivity contribution < 1.29 is 24.5 Å². The second-order valence-electron chi connectivity index (χ2n) is 6.88. The molecule has 2 atom stereocenters. The van der Waals surface area contributed by atoms with Gasteiger partial charge in [-0.1, -0.05) is 47.5 Å². The molecule has 1 saturated heterocycles. The molecule has 0 amide bonds. The molecule has 4 rings (SSSR count). The van der Waals surface area contributed by atoms with Gasteiger partial charge in [0.05, 0.1) is 30.3 Å². The van der Waals surface area contributed by atoms with Gasteiger partial charge in [0.2, 0.25) is 5.79 Å². The van der Waals surface area contributed by atoms with Crippen LogP contribution >= 0.6 is 23.2 Å². The van der Waals surface area contributed by atoms with E-state index in [1.54, 1.807) is 54.7 Å². The Kier molecular flexibility index (Phi) is 7.69. The van der Waals surface area contributed by atoms with Crippen LogP contribution in [-0.2, 0) is 21.8 Å². The first-order valence-electron chi connectivity index (χ1n) is 9.49. The number of hydrogen-bond acceptors (Lipinski definition) is 5. The summed E-state index contributed by atoms with van der Waals surface area (Å²) in [4.78, 5) is 14.4. The number of nitrogens with zero attached hydrogens (tertiary/aromatic N) is 2. The van der Waals surface area contributed by atoms with E-state index in [9.17, 15) is 9.90 Å². The average molecular weight is 465 g/mol. The molecule has 31 heavy (non-hydrogen) atoms. The van der Waals surface area contributed by atoms with Gasteiger partial charge >= 0.3 is 5.97 Å². The first-order chi connectivity index (χ1) is 14.8. The van der Waals surface area contributed by atoms with E-state index in [0.29, 0.717) is 34.3 Å². The number of benzene rings is 2. The van der Waals surface area contributed by atoms with Crippen LogP contribution in [0.4, 0.5) is 0 Å². The van der Waals surface area contributed by atoms with Gasteiger partial charge in [-0.3, -0.25) is 0 Å². The van der Waals surface area contributed by atoms with Crippen molar-refractivity contribution in [2.45, 2.75) is 25.4 Å². The fourth-order valence-electron chi connectivity index (χ4n) is 3.14. The SMILES string of the molecule is Cc1nccn1C[C@@]1(c2ccc(Cl)cc2Cl)OC[C@@H](CO)O1.O=C(O)c1ccccc1. The molecule has 1 aliphatic rings. The Bertz CT molecular complexity index is 1030. The predicted molar refractivity (Wildman–Crippen MR) is 116 cm³/mol. The van der Waals surface area contributed by atoms with Gasteiger partial charge in [0.15, 0.2) is 0 Å². The summed E-state index contributed by atoms with van der Waals surface area (Å²) >= 11 is 12.3. The Balaban J connectivity index is 0.000000254. The number of carboxylic acid groups (broad SMARTS) is 1. The predicted octanol–water partition coefficient (Wildman–Crippen LogP) is 4.14. The molecule has 2 heterocycles. The van der Waals surface area contributed by atoms with Gasteiger partial charge in [0, 0.05) is 23.0 Å². The first-order valence-corrected chi connectivity index (χ1v) is 10.2. The number of halogens is 2. The molecule has 1 aliphatic heterocycles. The van der Waals surface area contributed by atoms with Crippen LogP contribution < -0.4 is 0 Å². The highest BCUT2D eigenvalue weighted by molar-refractivity contribution is 6.35. The molecule has 1 aromatic heterocycles. The number of aryl methyl sites for hydroxylation is 1. The second kappa shape index (κ2) is 10.3. The number of imidazole rings is 1. The largest absolute Gasteiger partial charge is 0.478 e. The lowest BCUT2D eigenvalue weighted by Crippen LogP contribution is -2.34. The molecular weight excluding hydrogens is 443 g/mol. The molecule has 3 aromatic rings. The quantitative estimate of drug-likeness (QED) is 0.588. The average Bonchev–Trinajstić information content (AvgIpc) is 3.36. The van der Waals surface area contributed by atoms with Crippen LogP contribution in [0.3, 0.4) is 0 Å². The van der Waals surface area contributed by atoms with E-state index in [2.05, 4.69) is 4.98 Å².